The quantitative estimate of drug-likeness (QED) is 0.604. The summed E-state index contributed by atoms with van der Waals surface area (Å²) in [6.07, 6.45) is 0.913. The van der Waals surface area contributed by atoms with Crippen LogP contribution in [-0.2, 0) is 20.6 Å². The number of halogens is 2. The Balaban J connectivity index is 1.95. The zero-order chi connectivity index (χ0) is 21.6. The van der Waals surface area contributed by atoms with Crippen LogP contribution in [0.25, 0.3) is 0 Å². The van der Waals surface area contributed by atoms with Gasteiger partial charge in [0.2, 0.25) is 15.9 Å². The maximum Gasteiger partial charge on any atom is 0.243 e. The summed E-state index contributed by atoms with van der Waals surface area (Å²) in [6, 6.07) is 9.65. The summed E-state index contributed by atoms with van der Waals surface area (Å²) in [6.45, 7) is 3.80. The van der Waals surface area contributed by atoms with Gasteiger partial charge in [-0.25, -0.2) is 17.2 Å². The first-order chi connectivity index (χ1) is 13.6. The Morgan fingerprint density at radius 2 is 1.86 bits per heavy atom. The fourth-order valence-electron chi connectivity index (χ4n) is 2.78. The summed E-state index contributed by atoms with van der Waals surface area (Å²) < 4.78 is 51.8. The van der Waals surface area contributed by atoms with Crippen molar-refractivity contribution >= 4 is 33.4 Å². The van der Waals surface area contributed by atoms with E-state index in [1.165, 1.54) is 18.1 Å². The number of rotatable bonds is 9. The third-order valence-corrected chi connectivity index (χ3v) is 6.56. The predicted octanol–water partition coefficient (Wildman–Crippen LogP) is 3.48. The average Bonchev–Trinajstić information content (AvgIpc) is 2.64. The van der Waals surface area contributed by atoms with Crippen LogP contribution in [0, 0.1) is 18.6 Å². The number of thioether (sulfide) groups is 1. The van der Waals surface area contributed by atoms with E-state index in [0.29, 0.717) is 12.3 Å². The van der Waals surface area contributed by atoms with Gasteiger partial charge in [-0.3, -0.25) is 9.10 Å². The molecule has 1 atom stereocenters. The monoisotopic (exact) mass is 442 g/mol. The number of nitrogens with one attached hydrogen (secondary N) is 1. The summed E-state index contributed by atoms with van der Waals surface area (Å²) in [5.41, 5.74) is 2.31. The van der Waals surface area contributed by atoms with Crippen LogP contribution in [-0.4, -0.2) is 38.9 Å². The lowest BCUT2D eigenvalue weighted by Crippen LogP contribution is -2.48. The molecular formula is C20H24F2N2O3S2. The highest BCUT2D eigenvalue weighted by Gasteiger charge is 2.29. The van der Waals surface area contributed by atoms with Gasteiger partial charge in [0.15, 0.2) is 11.6 Å². The largest absolute Gasteiger partial charge is 0.353 e. The highest BCUT2D eigenvalue weighted by molar-refractivity contribution is 7.98. The zero-order valence-electron chi connectivity index (χ0n) is 16.5. The number of aryl methyl sites for hydroxylation is 1. The molecule has 0 fully saturated rings. The molecule has 0 radical (unpaired) electrons. The highest BCUT2D eigenvalue weighted by Crippen LogP contribution is 2.23. The van der Waals surface area contributed by atoms with Crippen molar-refractivity contribution in [2.45, 2.75) is 25.6 Å². The van der Waals surface area contributed by atoms with E-state index in [2.05, 4.69) is 11.4 Å². The van der Waals surface area contributed by atoms with Crippen molar-refractivity contribution in [1.82, 2.24) is 5.32 Å². The molecule has 0 spiro atoms. The van der Waals surface area contributed by atoms with Gasteiger partial charge < -0.3 is 5.32 Å². The van der Waals surface area contributed by atoms with Crippen molar-refractivity contribution in [1.29, 1.82) is 0 Å². The molecule has 2 aromatic rings. The van der Waals surface area contributed by atoms with Gasteiger partial charge in [0.25, 0.3) is 0 Å². The number of sulfonamides is 1. The summed E-state index contributed by atoms with van der Waals surface area (Å²) in [5, 5.41) is 2.70. The van der Waals surface area contributed by atoms with Gasteiger partial charge in [-0.2, -0.15) is 11.8 Å². The van der Waals surface area contributed by atoms with E-state index in [1.54, 1.807) is 11.8 Å². The Morgan fingerprint density at radius 1 is 1.17 bits per heavy atom. The Bertz CT molecular complexity index is 968. The molecule has 0 saturated heterocycles. The van der Waals surface area contributed by atoms with Crippen molar-refractivity contribution in [2.75, 3.05) is 22.9 Å². The fraction of sp³-hybridized carbons (Fsp3) is 0.350. The first-order valence-electron chi connectivity index (χ1n) is 8.95. The number of nitrogens with zero attached hydrogens (tertiary/aromatic N) is 1. The summed E-state index contributed by atoms with van der Waals surface area (Å²) >= 11 is 1.65. The van der Waals surface area contributed by atoms with E-state index >= 15 is 0 Å². The molecule has 0 aliphatic rings. The van der Waals surface area contributed by atoms with E-state index in [4.69, 9.17) is 0 Å². The second kappa shape index (κ2) is 10.1. The Labute approximate surface area is 174 Å². The number of hydrogen-bond acceptors (Lipinski definition) is 4. The molecule has 1 amide bonds. The molecule has 29 heavy (non-hydrogen) atoms. The Kier molecular flexibility index (Phi) is 8.04. The van der Waals surface area contributed by atoms with E-state index in [-0.39, 0.29) is 5.69 Å². The normalized spacial score (nSPS) is 12.4. The minimum Gasteiger partial charge on any atom is -0.353 e. The number of anilines is 1. The van der Waals surface area contributed by atoms with Gasteiger partial charge in [-0.15, -0.1) is 0 Å². The number of amides is 1. The van der Waals surface area contributed by atoms with Gasteiger partial charge in [0.05, 0.1) is 11.9 Å². The van der Waals surface area contributed by atoms with Gasteiger partial charge in [0.1, 0.15) is 6.04 Å². The van der Waals surface area contributed by atoms with E-state index in [9.17, 15) is 22.0 Å². The van der Waals surface area contributed by atoms with Crippen LogP contribution in [0.4, 0.5) is 14.5 Å². The number of carbonyl (C=O) groups excluding carboxylic acids is 1. The molecule has 9 heteroatoms. The highest BCUT2D eigenvalue weighted by atomic mass is 32.2. The van der Waals surface area contributed by atoms with Crippen molar-refractivity contribution in [3.8, 4) is 0 Å². The molecule has 2 rings (SSSR count). The van der Waals surface area contributed by atoms with Crippen molar-refractivity contribution in [2.24, 2.45) is 0 Å². The lowest BCUT2D eigenvalue weighted by molar-refractivity contribution is -0.121. The van der Waals surface area contributed by atoms with Crippen molar-refractivity contribution in [3.05, 3.63) is 65.2 Å². The number of benzene rings is 2. The molecular weight excluding hydrogens is 418 g/mol. The predicted molar refractivity (Wildman–Crippen MR) is 113 cm³/mol. The average molecular weight is 443 g/mol. The van der Waals surface area contributed by atoms with Crippen LogP contribution < -0.4 is 9.62 Å². The van der Waals surface area contributed by atoms with E-state index in [1.807, 2.05) is 25.1 Å². The van der Waals surface area contributed by atoms with Crippen LogP contribution in [0.5, 0.6) is 0 Å². The Morgan fingerprint density at radius 3 is 2.48 bits per heavy atom. The first-order valence-corrected chi connectivity index (χ1v) is 12.0. The second-order valence-electron chi connectivity index (χ2n) is 6.60. The molecule has 0 heterocycles. The van der Waals surface area contributed by atoms with Gasteiger partial charge in [0, 0.05) is 24.1 Å². The molecule has 158 valence electrons. The lowest BCUT2D eigenvalue weighted by Gasteiger charge is -2.28. The lowest BCUT2D eigenvalue weighted by atomic mass is 10.1. The SMILES string of the molecule is Cc1ccccc1CSCCNC(=O)[C@H](C)N(c1ccc(F)c(F)c1)S(C)(=O)=O. The third-order valence-electron chi connectivity index (χ3n) is 4.31. The Hall–Kier alpha value is -2.13. The van der Waals surface area contributed by atoms with Crippen LogP contribution in [0.2, 0.25) is 0 Å². The van der Waals surface area contributed by atoms with Crippen LogP contribution in [0.1, 0.15) is 18.1 Å². The minimum absolute atomic E-state index is 0.108. The smallest absolute Gasteiger partial charge is 0.243 e. The minimum atomic E-state index is -3.89. The summed E-state index contributed by atoms with van der Waals surface area (Å²) in [5.74, 6) is -1.34. The van der Waals surface area contributed by atoms with Gasteiger partial charge in [-0.05, 0) is 37.1 Å². The maximum atomic E-state index is 13.5. The first kappa shape index (κ1) is 23.2. The zero-order valence-corrected chi connectivity index (χ0v) is 18.1. The summed E-state index contributed by atoms with van der Waals surface area (Å²) in [4.78, 5) is 12.4. The molecule has 0 unspecified atom stereocenters. The molecule has 5 nitrogen and oxygen atoms in total. The molecule has 0 saturated carbocycles. The number of carbonyl (C=O) groups is 1. The molecule has 2 aromatic carbocycles. The topological polar surface area (TPSA) is 66.5 Å². The van der Waals surface area contributed by atoms with Gasteiger partial charge in [-0.1, -0.05) is 24.3 Å². The molecule has 0 aliphatic heterocycles. The maximum absolute atomic E-state index is 13.5. The van der Waals surface area contributed by atoms with Crippen LogP contribution in [0.15, 0.2) is 42.5 Å². The standard InChI is InChI=1S/C20H24F2N2O3S2/c1-14-6-4-5-7-16(14)13-28-11-10-23-20(25)15(2)24(29(3,26)27)17-8-9-18(21)19(22)12-17/h4-9,12,15H,10-11,13H2,1-3H3,(H,23,25)/t15-/m0/s1. The number of hydrogen-bond donors (Lipinski definition) is 1. The van der Waals surface area contributed by atoms with Crippen LogP contribution >= 0.6 is 11.8 Å². The third kappa shape index (κ3) is 6.43. The summed E-state index contributed by atoms with van der Waals surface area (Å²) in [7, 11) is -3.89. The van der Waals surface area contributed by atoms with E-state index < -0.39 is 33.6 Å². The van der Waals surface area contributed by atoms with Crippen molar-refractivity contribution < 1.29 is 22.0 Å². The van der Waals surface area contributed by atoms with Gasteiger partial charge >= 0.3 is 0 Å². The molecule has 0 aromatic heterocycles. The molecule has 1 N–H and O–H groups in total. The van der Waals surface area contributed by atoms with Crippen LogP contribution in [0.3, 0.4) is 0 Å². The second-order valence-corrected chi connectivity index (χ2v) is 9.57. The van der Waals surface area contributed by atoms with E-state index in [0.717, 1.165) is 34.5 Å². The molecule has 0 bridgehead atoms. The van der Waals surface area contributed by atoms with Crippen molar-refractivity contribution in [3.63, 3.8) is 0 Å². The molecule has 0 aliphatic carbocycles. The fourth-order valence-corrected chi connectivity index (χ4v) is 4.88.